The highest BCUT2D eigenvalue weighted by Gasteiger charge is 2.14. The Kier molecular flexibility index (Phi) is 6.23. The molecule has 0 aliphatic carbocycles. The molecule has 2 heterocycles. The maximum absolute atomic E-state index is 12.4. The topological polar surface area (TPSA) is 102 Å². The van der Waals surface area contributed by atoms with Gasteiger partial charge in [-0.1, -0.05) is 63.7 Å². The van der Waals surface area contributed by atoms with E-state index in [1.165, 1.54) is 17.3 Å². The third-order valence-electron chi connectivity index (χ3n) is 4.32. The summed E-state index contributed by atoms with van der Waals surface area (Å²) >= 11 is 1.36. The van der Waals surface area contributed by atoms with Gasteiger partial charge in [0.1, 0.15) is 5.69 Å². The third-order valence-corrected chi connectivity index (χ3v) is 5.17. The number of aromatic amines is 1. The number of H-pyrrole nitrogens is 1. The van der Waals surface area contributed by atoms with E-state index < -0.39 is 0 Å². The molecule has 1 N–H and O–H groups in total. The molecule has 0 amide bonds. The van der Waals surface area contributed by atoms with Crippen molar-refractivity contribution < 1.29 is 0 Å². The van der Waals surface area contributed by atoms with Crippen LogP contribution in [0.2, 0.25) is 0 Å². The van der Waals surface area contributed by atoms with Crippen molar-refractivity contribution in [2.24, 2.45) is 0 Å². The van der Waals surface area contributed by atoms with E-state index >= 15 is 0 Å². The molecule has 0 radical (unpaired) electrons. The van der Waals surface area contributed by atoms with E-state index in [1.807, 2.05) is 12.1 Å². The number of nitrogens with zero attached hydrogens (tertiary/aromatic N) is 6. The van der Waals surface area contributed by atoms with Gasteiger partial charge in [-0.2, -0.15) is 0 Å². The minimum absolute atomic E-state index is 0.103. The zero-order valence-corrected chi connectivity index (χ0v) is 17.5. The van der Waals surface area contributed by atoms with Crippen molar-refractivity contribution in [3.8, 4) is 0 Å². The third kappa shape index (κ3) is 5.03. The average molecular weight is 400 g/mol. The summed E-state index contributed by atoms with van der Waals surface area (Å²) in [6, 6.07) is 8.28. The molecule has 2 aromatic heterocycles. The van der Waals surface area contributed by atoms with Gasteiger partial charge in [-0.15, -0.1) is 15.3 Å². The molecule has 0 fully saturated rings. The minimum Gasteiger partial charge on any atom is -0.298 e. The minimum atomic E-state index is -0.217. The molecule has 0 saturated heterocycles. The fourth-order valence-electron chi connectivity index (χ4n) is 2.69. The summed E-state index contributed by atoms with van der Waals surface area (Å²) in [6.45, 7) is 9.36. The van der Waals surface area contributed by atoms with Gasteiger partial charge in [0.15, 0.2) is 11.0 Å². The van der Waals surface area contributed by atoms with Gasteiger partial charge >= 0.3 is 0 Å². The molecule has 0 unspecified atom stereocenters. The standard InChI is InChI=1S/C19H25N7OS/c1-5-10-26-16(22-24-25-26)12-28-18-20-17(27)15(21-23-18)11-13-6-8-14(9-7-13)19(2,3)4/h6-9H,5,10-12H2,1-4H3,(H,20,23,27). The van der Waals surface area contributed by atoms with Crippen molar-refractivity contribution in [1.29, 1.82) is 0 Å². The van der Waals surface area contributed by atoms with Crippen LogP contribution in [0.4, 0.5) is 0 Å². The summed E-state index contributed by atoms with van der Waals surface area (Å²) in [7, 11) is 0. The summed E-state index contributed by atoms with van der Waals surface area (Å²) in [5.41, 5.74) is 2.58. The van der Waals surface area contributed by atoms with Crippen molar-refractivity contribution in [1.82, 2.24) is 35.4 Å². The number of tetrazole rings is 1. The number of aromatic nitrogens is 7. The zero-order chi connectivity index (χ0) is 20.1. The first-order chi connectivity index (χ1) is 13.4. The number of thioether (sulfide) groups is 1. The summed E-state index contributed by atoms with van der Waals surface area (Å²) in [4.78, 5) is 15.2. The van der Waals surface area contributed by atoms with Crippen molar-refractivity contribution in [3.63, 3.8) is 0 Å². The van der Waals surface area contributed by atoms with Crippen LogP contribution < -0.4 is 5.56 Å². The number of nitrogens with one attached hydrogen (secondary N) is 1. The first-order valence-corrected chi connectivity index (χ1v) is 10.3. The fourth-order valence-corrected chi connectivity index (χ4v) is 3.42. The Morgan fingerprint density at radius 1 is 1.11 bits per heavy atom. The molecule has 1 aromatic carbocycles. The lowest BCUT2D eigenvalue weighted by Crippen LogP contribution is -2.18. The molecule has 0 aliphatic rings. The highest BCUT2D eigenvalue weighted by Crippen LogP contribution is 2.22. The monoisotopic (exact) mass is 399 g/mol. The summed E-state index contributed by atoms with van der Waals surface area (Å²) in [6.07, 6.45) is 1.40. The fraction of sp³-hybridized carbons (Fsp3) is 0.474. The van der Waals surface area contributed by atoms with Crippen LogP contribution in [-0.2, 0) is 24.1 Å². The summed E-state index contributed by atoms with van der Waals surface area (Å²) in [5.74, 6) is 1.27. The van der Waals surface area contributed by atoms with Gasteiger partial charge in [-0.3, -0.25) is 9.78 Å². The van der Waals surface area contributed by atoms with Crippen molar-refractivity contribution >= 4 is 11.8 Å². The van der Waals surface area contributed by atoms with Gasteiger partial charge in [0.25, 0.3) is 5.56 Å². The van der Waals surface area contributed by atoms with Gasteiger partial charge in [0.05, 0.1) is 5.75 Å². The maximum Gasteiger partial charge on any atom is 0.273 e. The zero-order valence-electron chi connectivity index (χ0n) is 16.6. The Balaban J connectivity index is 1.65. The second-order valence-electron chi connectivity index (χ2n) is 7.64. The SMILES string of the molecule is CCCn1nnnc1CSc1nnc(Cc2ccc(C(C)(C)C)cc2)c(=O)[nH]1. The van der Waals surface area contributed by atoms with E-state index in [4.69, 9.17) is 0 Å². The van der Waals surface area contributed by atoms with Crippen molar-refractivity contribution in [2.75, 3.05) is 0 Å². The number of hydrogen-bond donors (Lipinski definition) is 1. The van der Waals surface area contributed by atoms with Crippen molar-refractivity contribution in [2.45, 2.75) is 63.4 Å². The Morgan fingerprint density at radius 3 is 2.50 bits per heavy atom. The molecule has 0 aliphatic heterocycles. The van der Waals surface area contributed by atoms with E-state index in [0.717, 1.165) is 24.4 Å². The Hall–Kier alpha value is -2.55. The van der Waals surface area contributed by atoms with Gasteiger partial charge in [0, 0.05) is 13.0 Å². The summed E-state index contributed by atoms with van der Waals surface area (Å²) in [5, 5.41) is 20.4. The predicted octanol–water partition coefficient (Wildman–Crippen LogP) is 2.74. The normalized spacial score (nSPS) is 11.7. The van der Waals surface area contributed by atoms with Crippen LogP contribution in [0.5, 0.6) is 0 Å². The molecular weight excluding hydrogens is 374 g/mol. The van der Waals surface area contributed by atoms with Crippen LogP contribution >= 0.6 is 11.8 Å². The Bertz CT molecular complexity index is 973. The lowest BCUT2D eigenvalue weighted by molar-refractivity contribution is 0.564. The van der Waals surface area contributed by atoms with Crippen LogP contribution in [0.1, 0.15) is 56.8 Å². The molecule has 0 saturated carbocycles. The van der Waals surface area contributed by atoms with Gasteiger partial charge in [-0.25, -0.2) is 4.68 Å². The second kappa shape index (κ2) is 8.64. The number of benzene rings is 1. The smallest absolute Gasteiger partial charge is 0.273 e. The van der Waals surface area contributed by atoms with E-state index in [2.05, 4.69) is 70.5 Å². The molecule has 3 aromatic rings. The van der Waals surface area contributed by atoms with E-state index in [-0.39, 0.29) is 11.0 Å². The number of hydrogen-bond acceptors (Lipinski definition) is 7. The molecule has 148 valence electrons. The first kappa shape index (κ1) is 20.2. The lowest BCUT2D eigenvalue weighted by Gasteiger charge is -2.19. The molecule has 3 rings (SSSR count). The quantitative estimate of drug-likeness (QED) is 0.609. The second-order valence-corrected chi connectivity index (χ2v) is 8.60. The van der Waals surface area contributed by atoms with Gasteiger partial charge < -0.3 is 0 Å². The molecule has 9 heteroatoms. The number of rotatable bonds is 7. The van der Waals surface area contributed by atoms with E-state index in [0.29, 0.717) is 23.0 Å². The van der Waals surface area contributed by atoms with Gasteiger partial charge in [0.2, 0.25) is 0 Å². The van der Waals surface area contributed by atoms with Crippen molar-refractivity contribution in [3.05, 3.63) is 57.3 Å². The maximum atomic E-state index is 12.4. The molecule has 0 atom stereocenters. The van der Waals surface area contributed by atoms with Crippen LogP contribution in [-0.4, -0.2) is 35.4 Å². The highest BCUT2D eigenvalue weighted by molar-refractivity contribution is 7.98. The van der Waals surface area contributed by atoms with Crippen LogP contribution in [0.3, 0.4) is 0 Å². The summed E-state index contributed by atoms with van der Waals surface area (Å²) < 4.78 is 1.76. The largest absolute Gasteiger partial charge is 0.298 e. The predicted molar refractivity (Wildman–Crippen MR) is 108 cm³/mol. The highest BCUT2D eigenvalue weighted by atomic mass is 32.2. The average Bonchev–Trinajstić information content (AvgIpc) is 3.09. The van der Waals surface area contributed by atoms with Crippen LogP contribution in [0.15, 0.2) is 34.2 Å². The van der Waals surface area contributed by atoms with E-state index in [1.54, 1.807) is 4.68 Å². The molecule has 28 heavy (non-hydrogen) atoms. The lowest BCUT2D eigenvalue weighted by atomic mass is 9.86. The molecule has 0 bridgehead atoms. The van der Waals surface area contributed by atoms with Crippen LogP contribution in [0.25, 0.3) is 0 Å². The molecule has 8 nitrogen and oxygen atoms in total. The first-order valence-electron chi connectivity index (χ1n) is 9.30. The Morgan fingerprint density at radius 2 is 1.86 bits per heavy atom. The number of aryl methyl sites for hydroxylation is 1. The van der Waals surface area contributed by atoms with E-state index in [9.17, 15) is 4.79 Å². The van der Waals surface area contributed by atoms with Crippen LogP contribution in [0, 0.1) is 0 Å². The molecular formula is C19H25N7OS. The Labute approximate surface area is 168 Å². The molecule has 0 spiro atoms. The van der Waals surface area contributed by atoms with Gasteiger partial charge in [-0.05, 0) is 33.4 Å².